The fraction of sp³-hybridized carbons (Fsp3) is 0.714. The van der Waals surface area contributed by atoms with Gasteiger partial charge < -0.3 is 28.4 Å². The summed E-state index contributed by atoms with van der Waals surface area (Å²) < 4.78 is 30.3. The molecule has 0 aromatic carbocycles. The van der Waals surface area contributed by atoms with Crippen LogP contribution in [0.3, 0.4) is 0 Å². The smallest absolute Gasteiger partial charge is 0.333 e. The van der Waals surface area contributed by atoms with Crippen molar-refractivity contribution in [2.24, 2.45) is 0 Å². The van der Waals surface area contributed by atoms with Gasteiger partial charge in [0.15, 0.2) is 0 Å². The van der Waals surface area contributed by atoms with Crippen LogP contribution in [0.2, 0.25) is 0 Å². The molecule has 2 aliphatic rings. The number of rotatable bonds is 15. The van der Waals surface area contributed by atoms with Crippen molar-refractivity contribution in [1.82, 2.24) is 0 Å². The van der Waals surface area contributed by atoms with Gasteiger partial charge in [-0.2, -0.15) is 0 Å². The van der Waals surface area contributed by atoms with Crippen LogP contribution in [0.5, 0.6) is 0 Å². The van der Waals surface area contributed by atoms with Crippen molar-refractivity contribution in [3.63, 3.8) is 0 Å². The van der Waals surface area contributed by atoms with E-state index >= 15 is 0 Å². The summed E-state index contributed by atoms with van der Waals surface area (Å²) in [6.45, 7) is 15.3. The quantitative estimate of drug-likeness (QED) is 0.174. The molecule has 8 nitrogen and oxygen atoms in total. The van der Waals surface area contributed by atoms with Crippen LogP contribution in [0.25, 0.3) is 0 Å². The van der Waals surface area contributed by atoms with Crippen LogP contribution in [0.15, 0.2) is 24.3 Å². The molecule has 29 heavy (non-hydrogen) atoms. The lowest BCUT2D eigenvalue weighted by Crippen LogP contribution is -2.09. The first-order valence-electron chi connectivity index (χ1n) is 9.94. The lowest BCUT2D eigenvalue weighted by atomic mass is 10.3. The van der Waals surface area contributed by atoms with Crippen molar-refractivity contribution >= 4 is 11.9 Å². The second-order valence-electron chi connectivity index (χ2n) is 6.95. The fourth-order valence-corrected chi connectivity index (χ4v) is 1.80. The van der Waals surface area contributed by atoms with Gasteiger partial charge in [-0.1, -0.05) is 13.2 Å². The normalized spacial score (nSPS) is 18.8. The Bertz CT molecular complexity index is 523. The highest BCUT2D eigenvalue weighted by atomic mass is 16.6. The van der Waals surface area contributed by atoms with Crippen molar-refractivity contribution in [3.05, 3.63) is 24.3 Å². The Morgan fingerprint density at radius 2 is 1.14 bits per heavy atom. The monoisotopic (exact) mass is 414 g/mol. The molecule has 2 aliphatic heterocycles. The lowest BCUT2D eigenvalue weighted by Gasteiger charge is -2.04. The molecule has 0 aromatic rings. The second-order valence-corrected chi connectivity index (χ2v) is 6.95. The summed E-state index contributed by atoms with van der Waals surface area (Å²) in [6.07, 6.45) is 3.06. The van der Waals surface area contributed by atoms with Gasteiger partial charge in [-0.25, -0.2) is 9.59 Å². The minimum absolute atomic E-state index is 0.299. The highest BCUT2D eigenvalue weighted by Gasteiger charge is 2.22. The van der Waals surface area contributed by atoms with Crippen molar-refractivity contribution in [3.8, 4) is 0 Å². The van der Waals surface area contributed by atoms with Gasteiger partial charge in [0.25, 0.3) is 0 Å². The number of ether oxygens (including phenoxy) is 6. The molecular weight excluding hydrogens is 380 g/mol. The number of hydrogen-bond acceptors (Lipinski definition) is 8. The topological polar surface area (TPSA) is 96.1 Å². The van der Waals surface area contributed by atoms with Crippen LogP contribution in [0, 0.1) is 0 Å². The summed E-state index contributed by atoms with van der Waals surface area (Å²) in [7, 11) is 0. The highest BCUT2D eigenvalue weighted by Crippen LogP contribution is 2.09. The van der Waals surface area contributed by atoms with Crippen LogP contribution >= 0.6 is 0 Å². The van der Waals surface area contributed by atoms with Gasteiger partial charge in [0.05, 0.1) is 39.6 Å². The standard InChI is InChI=1S/C11H18O4.C10H16O4/c1-9(2)11(12)14-6-4-3-5-13-7-10-8-15-10;1-8(2)10(11)13-5-3-4-12-6-9-7-14-9/h10H,1,3-8H2,2H3;9H,1,3-7H2,2H3. The number of esters is 2. The maximum absolute atomic E-state index is 11.0. The van der Waals surface area contributed by atoms with E-state index in [1.807, 2.05) is 0 Å². The molecule has 2 unspecified atom stereocenters. The molecule has 2 heterocycles. The van der Waals surface area contributed by atoms with E-state index in [4.69, 9.17) is 28.4 Å². The molecule has 0 amide bonds. The van der Waals surface area contributed by atoms with E-state index in [-0.39, 0.29) is 11.9 Å². The van der Waals surface area contributed by atoms with Gasteiger partial charge in [0, 0.05) is 30.8 Å². The Hall–Kier alpha value is -1.74. The number of unbranched alkanes of at least 4 members (excludes halogenated alkanes) is 1. The molecule has 8 heteroatoms. The third-order valence-corrected chi connectivity index (χ3v) is 3.69. The van der Waals surface area contributed by atoms with Gasteiger partial charge in [-0.3, -0.25) is 0 Å². The predicted molar refractivity (Wildman–Crippen MR) is 107 cm³/mol. The summed E-state index contributed by atoms with van der Waals surface area (Å²) in [5.41, 5.74) is 0.870. The third kappa shape index (κ3) is 15.8. The molecule has 0 saturated carbocycles. The summed E-state index contributed by atoms with van der Waals surface area (Å²) in [6, 6.07) is 0. The van der Waals surface area contributed by atoms with Gasteiger partial charge in [-0.05, 0) is 26.7 Å². The summed E-state index contributed by atoms with van der Waals surface area (Å²) in [5.74, 6) is -0.655. The molecule has 0 radical (unpaired) electrons. The van der Waals surface area contributed by atoms with E-state index < -0.39 is 0 Å². The summed E-state index contributed by atoms with van der Waals surface area (Å²) >= 11 is 0. The van der Waals surface area contributed by atoms with E-state index in [9.17, 15) is 9.59 Å². The number of carbonyl (C=O) groups excluding carboxylic acids is 2. The summed E-state index contributed by atoms with van der Waals surface area (Å²) in [5, 5.41) is 0. The Balaban J connectivity index is 0.000000291. The minimum Gasteiger partial charge on any atom is -0.462 e. The zero-order chi connectivity index (χ0) is 21.5. The Kier molecular flexibility index (Phi) is 13.2. The average Bonchev–Trinajstić information content (AvgIpc) is 3.59. The first-order chi connectivity index (χ1) is 13.9. The average molecular weight is 414 g/mol. The van der Waals surface area contributed by atoms with Crippen molar-refractivity contribution < 1.29 is 38.0 Å². The maximum Gasteiger partial charge on any atom is 0.333 e. The third-order valence-electron chi connectivity index (χ3n) is 3.69. The summed E-state index contributed by atoms with van der Waals surface area (Å²) in [4.78, 5) is 21.9. The van der Waals surface area contributed by atoms with E-state index in [0.29, 0.717) is 69.4 Å². The van der Waals surface area contributed by atoms with Crippen LogP contribution in [-0.4, -0.2) is 77.0 Å². The van der Waals surface area contributed by atoms with Gasteiger partial charge in [0.1, 0.15) is 12.2 Å². The molecule has 2 fully saturated rings. The molecule has 2 rings (SSSR count). The Morgan fingerprint density at radius 1 is 0.759 bits per heavy atom. The van der Waals surface area contributed by atoms with Crippen molar-refractivity contribution in [2.45, 2.75) is 45.3 Å². The van der Waals surface area contributed by atoms with Crippen LogP contribution in [0.1, 0.15) is 33.1 Å². The molecule has 2 saturated heterocycles. The largest absolute Gasteiger partial charge is 0.462 e. The zero-order valence-electron chi connectivity index (χ0n) is 17.6. The molecule has 0 N–H and O–H groups in total. The van der Waals surface area contributed by atoms with Crippen molar-refractivity contribution in [2.75, 3.05) is 52.9 Å². The maximum atomic E-state index is 11.0. The first-order valence-corrected chi connectivity index (χ1v) is 9.94. The van der Waals surface area contributed by atoms with Crippen LogP contribution in [0.4, 0.5) is 0 Å². The molecule has 166 valence electrons. The molecule has 2 atom stereocenters. The van der Waals surface area contributed by atoms with E-state index in [2.05, 4.69) is 13.2 Å². The van der Waals surface area contributed by atoms with Gasteiger partial charge in [-0.15, -0.1) is 0 Å². The lowest BCUT2D eigenvalue weighted by molar-refractivity contribution is -0.140. The molecule has 0 aromatic heterocycles. The second kappa shape index (κ2) is 15.1. The van der Waals surface area contributed by atoms with Gasteiger partial charge >= 0.3 is 11.9 Å². The first kappa shape index (κ1) is 25.3. The zero-order valence-corrected chi connectivity index (χ0v) is 17.6. The Labute approximate surface area is 173 Å². The highest BCUT2D eigenvalue weighted by molar-refractivity contribution is 5.87. The predicted octanol–water partition coefficient (Wildman–Crippen LogP) is 2.21. The van der Waals surface area contributed by atoms with Crippen LogP contribution < -0.4 is 0 Å². The molecule has 0 spiro atoms. The minimum atomic E-state index is -0.337. The number of hydrogen-bond donors (Lipinski definition) is 0. The Morgan fingerprint density at radius 3 is 1.55 bits per heavy atom. The van der Waals surface area contributed by atoms with E-state index in [1.165, 1.54) is 0 Å². The number of epoxide rings is 2. The van der Waals surface area contributed by atoms with Gasteiger partial charge in [0.2, 0.25) is 0 Å². The number of carbonyl (C=O) groups is 2. The van der Waals surface area contributed by atoms with E-state index in [0.717, 1.165) is 26.1 Å². The fourth-order valence-electron chi connectivity index (χ4n) is 1.80. The SMILES string of the molecule is C=C(C)C(=O)OCCCCOCC1CO1.C=C(C)C(=O)OCCCOCC1CO1. The molecular formula is C21H34O8. The van der Waals surface area contributed by atoms with Crippen LogP contribution in [-0.2, 0) is 38.0 Å². The van der Waals surface area contributed by atoms with Crippen molar-refractivity contribution in [1.29, 1.82) is 0 Å². The molecule has 0 bridgehead atoms. The molecule has 0 aliphatic carbocycles. The van der Waals surface area contributed by atoms with E-state index in [1.54, 1.807) is 13.8 Å².